The quantitative estimate of drug-likeness (QED) is 0.411. The van der Waals surface area contributed by atoms with Crippen LogP contribution in [-0.4, -0.2) is 33.4 Å². The third-order valence-corrected chi connectivity index (χ3v) is 8.21. The zero-order valence-electron chi connectivity index (χ0n) is 21.2. The van der Waals surface area contributed by atoms with E-state index in [1.54, 1.807) is 38.2 Å². The highest BCUT2D eigenvalue weighted by Crippen LogP contribution is 2.61. The number of rotatable bonds is 8. The van der Waals surface area contributed by atoms with Gasteiger partial charge in [0, 0.05) is 23.7 Å². The summed E-state index contributed by atoms with van der Waals surface area (Å²) in [6, 6.07) is 9.60. The monoisotopic (exact) mass is 521 g/mol. The molecule has 6 rings (SSSR count). The van der Waals surface area contributed by atoms with Gasteiger partial charge in [-0.05, 0) is 97.0 Å². The minimum absolute atomic E-state index is 0.0351. The number of carboxylic acids is 1. The predicted octanol–water partition coefficient (Wildman–Crippen LogP) is 5.42. The highest BCUT2D eigenvalue weighted by molar-refractivity contribution is 5.77. The second-order valence-corrected chi connectivity index (χ2v) is 11.3. The maximum atomic E-state index is 14.8. The van der Waals surface area contributed by atoms with Gasteiger partial charge in [0.1, 0.15) is 12.4 Å². The van der Waals surface area contributed by atoms with Gasteiger partial charge in [-0.3, -0.25) is 4.79 Å². The average molecular weight is 522 g/mol. The Bertz CT molecular complexity index is 1430. The molecule has 1 aromatic heterocycles. The molecule has 0 radical (unpaired) electrons. The molecule has 1 heterocycles. The Morgan fingerprint density at radius 2 is 1.92 bits per heavy atom. The van der Waals surface area contributed by atoms with Crippen molar-refractivity contribution in [2.75, 3.05) is 6.61 Å². The first-order valence-electron chi connectivity index (χ1n) is 12.9. The van der Waals surface area contributed by atoms with E-state index < -0.39 is 23.2 Å². The molecule has 38 heavy (non-hydrogen) atoms. The second kappa shape index (κ2) is 9.05. The molecular formula is C30H29F2NO5. The molecule has 2 fully saturated rings. The number of fused-ring (bicyclic) bond motifs is 3. The molecule has 2 N–H and O–H groups in total. The summed E-state index contributed by atoms with van der Waals surface area (Å²) in [6.45, 7) is 3.85. The van der Waals surface area contributed by atoms with Crippen molar-refractivity contribution in [1.82, 2.24) is 4.98 Å². The number of nitrogens with zero attached hydrogens (tertiary/aromatic N) is 1. The number of pyridine rings is 1. The molecule has 3 atom stereocenters. The first-order chi connectivity index (χ1) is 18.1. The van der Waals surface area contributed by atoms with Crippen molar-refractivity contribution in [2.45, 2.75) is 51.2 Å². The lowest BCUT2D eigenvalue weighted by Crippen LogP contribution is -2.43. The summed E-state index contributed by atoms with van der Waals surface area (Å²) in [5.41, 5.74) is 3.62. The smallest absolute Gasteiger partial charge is 0.307 e. The van der Waals surface area contributed by atoms with E-state index >= 15 is 0 Å². The van der Waals surface area contributed by atoms with Crippen LogP contribution in [0.4, 0.5) is 8.78 Å². The highest BCUT2D eigenvalue weighted by atomic mass is 19.1. The largest absolute Gasteiger partial charge is 0.490 e. The molecule has 0 unspecified atom stereocenters. The predicted molar refractivity (Wildman–Crippen MR) is 135 cm³/mol. The van der Waals surface area contributed by atoms with Crippen molar-refractivity contribution in [3.8, 4) is 22.8 Å². The molecule has 3 aromatic rings. The highest BCUT2D eigenvalue weighted by Gasteiger charge is 2.59. The molecule has 8 heteroatoms. The topological polar surface area (TPSA) is 88.9 Å². The number of aryl methyl sites for hydroxylation is 1. The van der Waals surface area contributed by atoms with Crippen LogP contribution in [0.3, 0.4) is 0 Å². The van der Waals surface area contributed by atoms with Crippen LogP contribution in [0.25, 0.3) is 11.1 Å². The molecule has 0 aliphatic heterocycles. The van der Waals surface area contributed by atoms with Gasteiger partial charge in [-0.15, -0.1) is 0 Å². The molecule has 2 aromatic carbocycles. The fourth-order valence-electron chi connectivity index (χ4n) is 6.27. The molecule has 3 aliphatic carbocycles. The van der Waals surface area contributed by atoms with E-state index in [0.29, 0.717) is 54.0 Å². The van der Waals surface area contributed by atoms with Crippen LogP contribution in [0, 0.1) is 36.3 Å². The number of aromatic nitrogens is 1. The molecule has 0 bridgehead atoms. The van der Waals surface area contributed by atoms with Crippen LogP contribution in [0.15, 0.2) is 42.6 Å². The number of aliphatic carboxylic acids is 1. The Hall–Kier alpha value is -3.52. The summed E-state index contributed by atoms with van der Waals surface area (Å²) >= 11 is 0. The lowest BCUT2D eigenvalue weighted by atomic mass is 9.73. The first kappa shape index (κ1) is 24.8. The number of halogens is 2. The number of hydrogen-bond acceptors (Lipinski definition) is 5. The van der Waals surface area contributed by atoms with Gasteiger partial charge in [0.15, 0.2) is 11.6 Å². The summed E-state index contributed by atoms with van der Waals surface area (Å²) in [7, 11) is 0. The van der Waals surface area contributed by atoms with E-state index in [1.807, 2.05) is 6.07 Å². The van der Waals surface area contributed by atoms with Gasteiger partial charge >= 0.3 is 5.97 Å². The maximum Gasteiger partial charge on any atom is 0.307 e. The minimum atomic E-state index is -0.762. The van der Waals surface area contributed by atoms with Crippen LogP contribution in [0.1, 0.15) is 47.9 Å². The van der Waals surface area contributed by atoms with Crippen LogP contribution in [0.2, 0.25) is 0 Å². The maximum absolute atomic E-state index is 14.8. The molecule has 198 valence electrons. The number of hydrogen-bond donors (Lipinski definition) is 2. The molecule has 6 nitrogen and oxygen atoms in total. The Labute approximate surface area is 219 Å². The van der Waals surface area contributed by atoms with Gasteiger partial charge in [0.2, 0.25) is 5.88 Å². The van der Waals surface area contributed by atoms with Crippen molar-refractivity contribution < 1.29 is 33.3 Å². The normalized spacial score (nSPS) is 26.8. The molecule has 2 saturated carbocycles. The summed E-state index contributed by atoms with van der Waals surface area (Å²) in [6.07, 6.45) is 3.64. The Morgan fingerprint density at radius 3 is 2.63 bits per heavy atom. The Kier molecular flexibility index (Phi) is 5.90. The van der Waals surface area contributed by atoms with E-state index in [9.17, 15) is 23.8 Å². The van der Waals surface area contributed by atoms with Crippen LogP contribution in [0.5, 0.6) is 11.6 Å². The Morgan fingerprint density at radius 1 is 1.13 bits per heavy atom. The van der Waals surface area contributed by atoms with Crippen molar-refractivity contribution in [2.24, 2.45) is 17.8 Å². The molecule has 0 saturated heterocycles. The van der Waals surface area contributed by atoms with Crippen LogP contribution < -0.4 is 9.47 Å². The van der Waals surface area contributed by atoms with Crippen LogP contribution >= 0.6 is 0 Å². The molecule has 0 amide bonds. The minimum Gasteiger partial charge on any atom is -0.490 e. The number of carboxylic acid groups (broad SMARTS) is 1. The lowest BCUT2D eigenvalue weighted by molar-refractivity contribution is -0.139. The van der Waals surface area contributed by atoms with E-state index in [1.165, 1.54) is 12.1 Å². The third-order valence-electron chi connectivity index (χ3n) is 8.21. The van der Waals surface area contributed by atoms with Gasteiger partial charge in [-0.1, -0.05) is 6.07 Å². The number of carbonyl (C=O) groups is 1. The summed E-state index contributed by atoms with van der Waals surface area (Å²) < 4.78 is 41.1. The standard InChI is InChI=1S/C30H29F2NO5/c1-15-5-23(31)19(14-38-26-9-18-6-21-27(22(18)12-33-26)28(21)29(34)35)7-20(15)17-3-4-25(24(32)8-17)37-13-16-10-30(2,36)11-16/h3-5,7-9,12,16,21,27-28,36H,6,10-11,13-14H2,1-2H3,(H,34,35)/t16-,21-,27-,28+,30+/m1/s1. The average Bonchev–Trinajstić information content (AvgIpc) is 3.44. The van der Waals surface area contributed by atoms with Gasteiger partial charge in [0.25, 0.3) is 0 Å². The number of aliphatic hydroxyl groups is 1. The van der Waals surface area contributed by atoms with E-state index in [0.717, 1.165) is 11.1 Å². The van der Waals surface area contributed by atoms with Crippen molar-refractivity contribution in [3.63, 3.8) is 0 Å². The summed E-state index contributed by atoms with van der Waals surface area (Å²) in [5, 5.41) is 19.1. The van der Waals surface area contributed by atoms with Crippen LogP contribution in [-0.2, 0) is 17.8 Å². The molecule has 0 spiro atoms. The van der Waals surface area contributed by atoms with Crippen molar-refractivity contribution >= 4 is 5.97 Å². The van der Waals surface area contributed by atoms with Gasteiger partial charge < -0.3 is 19.7 Å². The van der Waals surface area contributed by atoms with Gasteiger partial charge in [-0.2, -0.15) is 0 Å². The SMILES string of the molecule is Cc1cc(F)c(COc2cc3c(cn2)[C@H]2[C@@H](C3)[C@@H]2C(=O)O)cc1-c1ccc(OC[C@H]2C[C@@](C)(O)C2)c(F)c1. The van der Waals surface area contributed by atoms with Gasteiger partial charge in [-0.25, -0.2) is 13.8 Å². The molecule has 3 aliphatic rings. The summed E-state index contributed by atoms with van der Waals surface area (Å²) in [4.78, 5) is 15.6. The van der Waals surface area contributed by atoms with Gasteiger partial charge in [0.05, 0.1) is 18.1 Å². The Balaban J connectivity index is 1.14. The fourth-order valence-corrected chi connectivity index (χ4v) is 6.27. The zero-order chi connectivity index (χ0) is 26.8. The van der Waals surface area contributed by atoms with E-state index in [4.69, 9.17) is 9.47 Å². The summed E-state index contributed by atoms with van der Waals surface area (Å²) in [5.74, 6) is -1.12. The van der Waals surface area contributed by atoms with E-state index in [2.05, 4.69) is 4.98 Å². The fraction of sp³-hybridized carbons (Fsp3) is 0.400. The first-order valence-corrected chi connectivity index (χ1v) is 12.9. The van der Waals surface area contributed by atoms with E-state index in [-0.39, 0.29) is 36.0 Å². The number of ether oxygens (including phenoxy) is 2. The second-order valence-electron chi connectivity index (χ2n) is 11.3. The number of benzene rings is 2. The third kappa shape index (κ3) is 4.51. The molecular weight excluding hydrogens is 492 g/mol. The van der Waals surface area contributed by atoms with Crippen molar-refractivity contribution in [1.29, 1.82) is 0 Å². The van der Waals surface area contributed by atoms with Crippen molar-refractivity contribution in [3.05, 3.63) is 76.5 Å². The lowest BCUT2D eigenvalue weighted by Gasteiger charge is -2.40. The zero-order valence-corrected chi connectivity index (χ0v) is 21.2.